The molecule has 4 nitrogen and oxygen atoms in total. The Kier molecular flexibility index (Phi) is 5.59. The second-order valence-corrected chi connectivity index (χ2v) is 6.74. The normalized spacial score (nSPS) is 12.7. The van der Waals surface area contributed by atoms with Gasteiger partial charge in [0.25, 0.3) is 5.91 Å². The smallest absolute Gasteiger partial charge is 0.328 e. The van der Waals surface area contributed by atoms with Crippen LogP contribution in [-0.4, -0.2) is 23.5 Å². The second-order valence-electron chi connectivity index (χ2n) is 5.39. The van der Waals surface area contributed by atoms with Crippen molar-refractivity contribution < 1.29 is 14.3 Å². The van der Waals surface area contributed by atoms with Crippen molar-refractivity contribution in [3.05, 3.63) is 33.3 Å². The molecule has 1 rings (SSSR count). The summed E-state index contributed by atoms with van der Waals surface area (Å²) < 4.78 is 5.89. The predicted molar refractivity (Wildman–Crippen MR) is 81.9 cm³/mol. The topological polar surface area (TPSA) is 55.4 Å². The third-order valence-electron chi connectivity index (χ3n) is 2.23. The highest BCUT2D eigenvalue weighted by Gasteiger charge is 2.23. The van der Waals surface area contributed by atoms with Crippen molar-refractivity contribution in [1.29, 1.82) is 0 Å². The molecule has 110 valence electrons. The van der Waals surface area contributed by atoms with Crippen LogP contribution in [0.5, 0.6) is 0 Å². The van der Waals surface area contributed by atoms with Gasteiger partial charge < -0.3 is 10.1 Å². The highest BCUT2D eigenvalue weighted by molar-refractivity contribution is 9.10. The van der Waals surface area contributed by atoms with Crippen LogP contribution < -0.4 is 5.32 Å². The lowest BCUT2D eigenvalue weighted by atomic mass is 10.2. The molecule has 0 heterocycles. The van der Waals surface area contributed by atoms with Gasteiger partial charge in [-0.3, -0.25) is 4.79 Å². The average molecular weight is 363 g/mol. The van der Waals surface area contributed by atoms with E-state index in [0.717, 1.165) is 0 Å². The molecule has 0 saturated carbocycles. The van der Waals surface area contributed by atoms with Crippen molar-refractivity contribution in [3.63, 3.8) is 0 Å². The lowest BCUT2D eigenvalue weighted by Gasteiger charge is -2.22. The maximum absolute atomic E-state index is 12.0. The van der Waals surface area contributed by atoms with E-state index in [1.807, 2.05) is 0 Å². The van der Waals surface area contributed by atoms with Crippen LogP contribution in [0.2, 0.25) is 5.02 Å². The van der Waals surface area contributed by atoms with Crippen molar-refractivity contribution >= 4 is 39.4 Å². The largest absolute Gasteiger partial charge is 0.458 e. The van der Waals surface area contributed by atoms with E-state index in [9.17, 15) is 9.59 Å². The van der Waals surface area contributed by atoms with Gasteiger partial charge in [-0.2, -0.15) is 0 Å². The Morgan fingerprint density at radius 1 is 1.30 bits per heavy atom. The van der Waals surface area contributed by atoms with Gasteiger partial charge in [-0.25, -0.2) is 4.79 Å². The van der Waals surface area contributed by atoms with Crippen LogP contribution in [-0.2, 0) is 9.53 Å². The minimum Gasteiger partial charge on any atom is -0.458 e. The first-order chi connectivity index (χ1) is 9.08. The molecule has 20 heavy (non-hydrogen) atoms. The number of halogens is 2. The first-order valence-corrected chi connectivity index (χ1v) is 7.25. The van der Waals surface area contributed by atoms with E-state index in [4.69, 9.17) is 16.3 Å². The van der Waals surface area contributed by atoms with Gasteiger partial charge >= 0.3 is 5.97 Å². The second kappa shape index (κ2) is 6.59. The fourth-order valence-electron chi connectivity index (χ4n) is 1.41. The van der Waals surface area contributed by atoms with Crippen LogP contribution in [0.3, 0.4) is 0 Å². The molecule has 0 bridgehead atoms. The van der Waals surface area contributed by atoms with Gasteiger partial charge in [-0.1, -0.05) is 27.5 Å². The van der Waals surface area contributed by atoms with Gasteiger partial charge in [0.15, 0.2) is 0 Å². The average Bonchev–Trinajstić information content (AvgIpc) is 2.25. The lowest BCUT2D eigenvalue weighted by Crippen LogP contribution is -2.42. The summed E-state index contributed by atoms with van der Waals surface area (Å²) in [4.78, 5) is 23.8. The summed E-state index contributed by atoms with van der Waals surface area (Å²) in [6.07, 6.45) is 0. The van der Waals surface area contributed by atoms with E-state index >= 15 is 0 Å². The van der Waals surface area contributed by atoms with Gasteiger partial charge in [-0.15, -0.1) is 0 Å². The number of hydrogen-bond donors (Lipinski definition) is 1. The van der Waals surface area contributed by atoms with Crippen LogP contribution in [0.4, 0.5) is 0 Å². The summed E-state index contributed by atoms with van der Waals surface area (Å²) in [7, 11) is 0. The number of carbonyl (C=O) groups excluding carboxylic acids is 2. The third-order valence-corrected chi connectivity index (χ3v) is 2.91. The van der Waals surface area contributed by atoms with E-state index in [2.05, 4.69) is 21.2 Å². The monoisotopic (exact) mass is 361 g/mol. The molecule has 0 fully saturated rings. The minimum absolute atomic E-state index is 0.375. The van der Waals surface area contributed by atoms with Crippen LogP contribution in [0.15, 0.2) is 22.7 Å². The zero-order chi connectivity index (χ0) is 15.5. The third kappa shape index (κ3) is 5.51. The first kappa shape index (κ1) is 17.0. The first-order valence-electron chi connectivity index (χ1n) is 6.08. The van der Waals surface area contributed by atoms with Crippen molar-refractivity contribution in [1.82, 2.24) is 5.32 Å². The molecule has 1 aromatic rings. The van der Waals surface area contributed by atoms with Crippen LogP contribution >= 0.6 is 27.5 Å². The number of carbonyl (C=O) groups is 2. The molecule has 1 aromatic carbocycles. The molecule has 0 radical (unpaired) electrons. The highest BCUT2D eigenvalue weighted by atomic mass is 79.9. The van der Waals surface area contributed by atoms with E-state index in [-0.39, 0.29) is 5.91 Å². The van der Waals surface area contributed by atoms with Gasteiger partial charge in [0.1, 0.15) is 11.6 Å². The van der Waals surface area contributed by atoms with Crippen molar-refractivity contribution in [2.75, 3.05) is 0 Å². The summed E-state index contributed by atoms with van der Waals surface area (Å²) in [6.45, 7) is 6.89. The molecule has 0 unspecified atom stereocenters. The van der Waals surface area contributed by atoms with E-state index in [1.54, 1.807) is 39.8 Å². The lowest BCUT2D eigenvalue weighted by molar-refractivity contribution is -0.156. The SMILES string of the molecule is C[C@H](NC(=O)c1cc(Cl)cc(Br)c1)C(=O)OC(C)(C)C. The fraction of sp³-hybridized carbons (Fsp3) is 0.429. The fourth-order valence-corrected chi connectivity index (χ4v) is 2.27. The zero-order valence-electron chi connectivity index (χ0n) is 11.8. The zero-order valence-corrected chi connectivity index (χ0v) is 14.1. The molecule has 1 atom stereocenters. The molecule has 0 aliphatic rings. The number of rotatable bonds is 3. The van der Waals surface area contributed by atoms with Gasteiger partial charge in [0.2, 0.25) is 0 Å². The Labute approximate surface area is 132 Å². The molecular weight excluding hydrogens is 346 g/mol. The van der Waals surface area contributed by atoms with Crippen molar-refractivity contribution in [2.24, 2.45) is 0 Å². The molecule has 0 aliphatic heterocycles. The Morgan fingerprint density at radius 2 is 1.90 bits per heavy atom. The number of nitrogens with one attached hydrogen (secondary N) is 1. The molecular formula is C14H17BrClNO3. The molecule has 0 spiro atoms. The number of benzene rings is 1. The van der Waals surface area contributed by atoms with Crippen LogP contribution in [0.25, 0.3) is 0 Å². The van der Waals surface area contributed by atoms with Crippen molar-refractivity contribution in [2.45, 2.75) is 39.3 Å². The number of hydrogen-bond acceptors (Lipinski definition) is 3. The molecule has 0 aromatic heterocycles. The summed E-state index contributed by atoms with van der Waals surface area (Å²) in [6, 6.07) is 4.10. The van der Waals surface area contributed by atoms with Gasteiger partial charge in [0.05, 0.1) is 0 Å². The number of esters is 1. The standard InChI is InChI=1S/C14H17BrClNO3/c1-8(13(19)20-14(2,3)4)17-12(18)9-5-10(15)7-11(16)6-9/h5-8H,1-4H3,(H,17,18)/t8-/m0/s1. The van der Waals surface area contributed by atoms with Gasteiger partial charge in [0, 0.05) is 15.1 Å². The summed E-state index contributed by atoms with van der Waals surface area (Å²) in [5.41, 5.74) is -0.213. The predicted octanol–water partition coefficient (Wildman–Crippen LogP) is 3.56. The molecule has 0 saturated heterocycles. The summed E-state index contributed by atoms with van der Waals surface area (Å²) in [5, 5.41) is 3.02. The molecule has 6 heteroatoms. The Bertz CT molecular complexity index is 505. The minimum atomic E-state index is -0.737. The van der Waals surface area contributed by atoms with E-state index in [0.29, 0.717) is 15.1 Å². The summed E-state index contributed by atoms with van der Waals surface area (Å²) in [5.74, 6) is -0.862. The summed E-state index contributed by atoms with van der Waals surface area (Å²) >= 11 is 9.14. The molecule has 0 aliphatic carbocycles. The van der Waals surface area contributed by atoms with Crippen LogP contribution in [0, 0.1) is 0 Å². The maximum atomic E-state index is 12.0. The van der Waals surface area contributed by atoms with Gasteiger partial charge in [-0.05, 0) is 45.9 Å². The Hall–Kier alpha value is -1.07. The molecule has 1 amide bonds. The van der Waals surface area contributed by atoms with E-state index < -0.39 is 17.6 Å². The quantitative estimate of drug-likeness (QED) is 0.836. The highest BCUT2D eigenvalue weighted by Crippen LogP contribution is 2.19. The number of amides is 1. The Balaban J connectivity index is 2.72. The molecule has 1 N–H and O–H groups in total. The van der Waals surface area contributed by atoms with Crippen molar-refractivity contribution in [3.8, 4) is 0 Å². The Morgan fingerprint density at radius 3 is 2.40 bits per heavy atom. The van der Waals surface area contributed by atoms with Crippen LogP contribution in [0.1, 0.15) is 38.1 Å². The van der Waals surface area contributed by atoms with E-state index in [1.165, 1.54) is 6.07 Å². The maximum Gasteiger partial charge on any atom is 0.328 e. The number of ether oxygens (including phenoxy) is 1.